The Morgan fingerprint density at radius 3 is 2.60 bits per heavy atom. The highest BCUT2D eigenvalue weighted by Gasteiger charge is 2.18. The van der Waals surface area contributed by atoms with Crippen LogP contribution in [-0.4, -0.2) is 16.5 Å². The maximum Gasteiger partial charge on any atom is 0.301 e. The lowest BCUT2D eigenvalue weighted by Crippen LogP contribution is -2.04. The molecule has 0 saturated carbocycles. The number of nitro groups is 1. The van der Waals surface area contributed by atoms with Gasteiger partial charge in [0, 0.05) is 25.0 Å². The average molecular weight is 336 g/mol. The van der Waals surface area contributed by atoms with E-state index in [4.69, 9.17) is 0 Å². The molecule has 0 atom stereocenters. The van der Waals surface area contributed by atoms with E-state index in [9.17, 15) is 10.1 Å². The molecule has 6 heteroatoms. The molecule has 0 amide bonds. The Morgan fingerprint density at radius 2 is 1.88 bits per heavy atom. The SMILES string of the molecule is CCCNc1ccc(CNc2ccc3ncccc3c2[N+](=O)[O-])cc1. The number of pyridine rings is 1. The van der Waals surface area contributed by atoms with Gasteiger partial charge in [0.05, 0.1) is 15.8 Å². The van der Waals surface area contributed by atoms with Crippen LogP contribution < -0.4 is 10.6 Å². The van der Waals surface area contributed by atoms with Gasteiger partial charge in [-0.05, 0) is 48.4 Å². The van der Waals surface area contributed by atoms with Gasteiger partial charge in [0.25, 0.3) is 0 Å². The molecule has 3 aromatic rings. The predicted molar refractivity (Wildman–Crippen MR) is 101 cm³/mol. The zero-order valence-corrected chi connectivity index (χ0v) is 14.0. The van der Waals surface area contributed by atoms with Crippen molar-refractivity contribution in [2.24, 2.45) is 0 Å². The van der Waals surface area contributed by atoms with Gasteiger partial charge < -0.3 is 10.6 Å². The van der Waals surface area contributed by atoms with Crippen molar-refractivity contribution in [3.8, 4) is 0 Å². The molecule has 0 aliphatic heterocycles. The molecule has 0 fully saturated rings. The standard InChI is InChI=1S/C19H20N4O2/c1-2-11-20-15-7-5-14(6-8-15)13-22-18-10-9-17-16(4-3-12-21-17)19(18)23(24)25/h3-10,12,20,22H,2,11,13H2,1H3. The van der Waals surface area contributed by atoms with Gasteiger partial charge in [-0.15, -0.1) is 0 Å². The molecule has 25 heavy (non-hydrogen) atoms. The Hall–Kier alpha value is -3.15. The van der Waals surface area contributed by atoms with E-state index >= 15 is 0 Å². The first-order chi connectivity index (χ1) is 12.2. The van der Waals surface area contributed by atoms with Gasteiger partial charge in [-0.1, -0.05) is 19.1 Å². The zero-order valence-electron chi connectivity index (χ0n) is 14.0. The molecule has 2 N–H and O–H groups in total. The topological polar surface area (TPSA) is 80.1 Å². The second-order valence-electron chi connectivity index (χ2n) is 5.77. The molecule has 1 heterocycles. The summed E-state index contributed by atoms with van der Waals surface area (Å²) in [5, 5.41) is 18.6. The Balaban J connectivity index is 1.79. The Bertz CT molecular complexity index is 878. The number of nitrogens with zero attached hydrogens (tertiary/aromatic N) is 2. The number of benzene rings is 2. The number of nitro benzene ring substituents is 1. The van der Waals surface area contributed by atoms with Crippen LogP contribution in [-0.2, 0) is 6.54 Å². The minimum atomic E-state index is -0.357. The maximum absolute atomic E-state index is 11.5. The van der Waals surface area contributed by atoms with Crippen LogP contribution in [0, 0.1) is 10.1 Å². The van der Waals surface area contributed by atoms with Crippen molar-refractivity contribution in [1.29, 1.82) is 0 Å². The normalized spacial score (nSPS) is 10.6. The predicted octanol–water partition coefficient (Wildman–Crippen LogP) is 4.58. The average Bonchev–Trinajstić information content (AvgIpc) is 2.64. The summed E-state index contributed by atoms with van der Waals surface area (Å²) < 4.78 is 0. The van der Waals surface area contributed by atoms with E-state index in [0.29, 0.717) is 23.1 Å². The Labute approximate surface area is 146 Å². The van der Waals surface area contributed by atoms with Gasteiger partial charge >= 0.3 is 5.69 Å². The summed E-state index contributed by atoms with van der Waals surface area (Å²) in [6.07, 6.45) is 2.71. The number of hydrogen-bond donors (Lipinski definition) is 2. The van der Waals surface area contributed by atoms with E-state index < -0.39 is 0 Å². The molecule has 3 rings (SSSR count). The number of aromatic nitrogens is 1. The molecule has 0 saturated heterocycles. The molecule has 0 radical (unpaired) electrons. The van der Waals surface area contributed by atoms with Crippen molar-refractivity contribution >= 4 is 28.0 Å². The minimum absolute atomic E-state index is 0.0619. The van der Waals surface area contributed by atoms with Crippen molar-refractivity contribution in [3.63, 3.8) is 0 Å². The van der Waals surface area contributed by atoms with E-state index in [-0.39, 0.29) is 10.6 Å². The molecule has 128 valence electrons. The van der Waals surface area contributed by atoms with E-state index in [1.54, 1.807) is 30.5 Å². The van der Waals surface area contributed by atoms with Crippen LogP contribution in [0.5, 0.6) is 0 Å². The molecule has 0 aliphatic carbocycles. The van der Waals surface area contributed by atoms with E-state index in [2.05, 4.69) is 22.5 Å². The first-order valence-corrected chi connectivity index (χ1v) is 8.28. The fourth-order valence-corrected chi connectivity index (χ4v) is 2.68. The van der Waals surface area contributed by atoms with Gasteiger partial charge in [-0.2, -0.15) is 0 Å². The van der Waals surface area contributed by atoms with Crippen molar-refractivity contribution in [1.82, 2.24) is 4.98 Å². The monoisotopic (exact) mass is 336 g/mol. The number of hydrogen-bond acceptors (Lipinski definition) is 5. The first kappa shape index (κ1) is 16.7. The molecule has 0 spiro atoms. The smallest absolute Gasteiger partial charge is 0.301 e. The second kappa shape index (κ2) is 7.61. The van der Waals surface area contributed by atoms with Crippen LogP contribution in [0.15, 0.2) is 54.7 Å². The van der Waals surface area contributed by atoms with Gasteiger partial charge in [0.2, 0.25) is 0 Å². The van der Waals surface area contributed by atoms with Crippen molar-refractivity contribution in [3.05, 3.63) is 70.4 Å². The summed E-state index contributed by atoms with van der Waals surface area (Å²) in [6, 6.07) is 15.0. The number of fused-ring (bicyclic) bond motifs is 1. The van der Waals surface area contributed by atoms with E-state index in [0.717, 1.165) is 24.2 Å². The van der Waals surface area contributed by atoms with Crippen LogP contribution >= 0.6 is 0 Å². The molecular formula is C19H20N4O2. The van der Waals surface area contributed by atoms with E-state index in [1.807, 2.05) is 24.3 Å². The quantitative estimate of drug-likeness (QED) is 0.488. The fraction of sp³-hybridized carbons (Fsp3) is 0.211. The van der Waals surface area contributed by atoms with Crippen LogP contribution in [0.2, 0.25) is 0 Å². The maximum atomic E-state index is 11.5. The lowest BCUT2D eigenvalue weighted by molar-refractivity contribution is -0.382. The highest BCUT2D eigenvalue weighted by Crippen LogP contribution is 2.32. The molecule has 2 aromatic carbocycles. The highest BCUT2D eigenvalue weighted by atomic mass is 16.6. The minimum Gasteiger partial charge on any atom is -0.385 e. The summed E-state index contributed by atoms with van der Waals surface area (Å²) in [5.74, 6) is 0. The molecule has 0 bridgehead atoms. The molecule has 0 aliphatic rings. The van der Waals surface area contributed by atoms with E-state index in [1.165, 1.54) is 0 Å². The molecule has 6 nitrogen and oxygen atoms in total. The van der Waals surface area contributed by atoms with Gasteiger partial charge in [0.15, 0.2) is 0 Å². The summed E-state index contributed by atoms with van der Waals surface area (Å²) in [7, 11) is 0. The van der Waals surface area contributed by atoms with Crippen molar-refractivity contribution in [2.45, 2.75) is 19.9 Å². The molecule has 0 unspecified atom stereocenters. The highest BCUT2D eigenvalue weighted by molar-refractivity contribution is 5.94. The fourth-order valence-electron chi connectivity index (χ4n) is 2.68. The van der Waals surface area contributed by atoms with Gasteiger partial charge in [-0.3, -0.25) is 15.1 Å². The first-order valence-electron chi connectivity index (χ1n) is 8.28. The third-order valence-corrected chi connectivity index (χ3v) is 3.96. The number of nitrogens with one attached hydrogen (secondary N) is 2. The van der Waals surface area contributed by atoms with Crippen LogP contribution in [0.4, 0.5) is 17.1 Å². The third-order valence-electron chi connectivity index (χ3n) is 3.96. The Kier molecular flexibility index (Phi) is 5.09. The largest absolute Gasteiger partial charge is 0.385 e. The summed E-state index contributed by atoms with van der Waals surface area (Å²) in [4.78, 5) is 15.3. The lowest BCUT2D eigenvalue weighted by Gasteiger charge is -2.10. The zero-order chi connectivity index (χ0) is 17.6. The van der Waals surface area contributed by atoms with Crippen LogP contribution in [0.3, 0.4) is 0 Å². The van der Waals surface area contributed by atoms with Gasteiger partial charge in [0.1, 0.15) is 5.69 Å². The second-order valence-corrected chi connectivity index (χ2v) is 5.77. The number of rotatable bonds is 7. The van der Waals surface area contributed by atoms with Crippen LogP contribution in [0.1, 0.15) is 18.9 Å². The van der Waals surface area contributed by atoms with Crippen LogP contribution in [0.25, 0.3) is 10.9 Å². The summed E-state index contributed by atoms with van der Waals surface area (Å²) in [5.41, 5.74) is 3.31. The third kappa shape index (κ3) is 3.85. The van der Waals surface area contributed by atoms with Crippen molar-refractivity contribution < 1.29 is 4.92 Å². The molecular weight excluding hydrogens is 316 g/mol. The lowest BCUT2D eigenvalue weighted by atomic mass is 10.1. The Morgan fingerprint density at radius 1 is 1.08 bits per heavy atom. The summed E-state index contributed by atoms with van der Waals surface area (Å²) in [6.45, 7) is 3.58. The van der Waals surface area contributed by atoms with Gasteiger partial charge in [-0.25, -0.2) is 0 Å². The number of anilines is 2. The summed E-state index contributed by atoms with van der Waals surface area (Å²) >= 11 is 0. The van der Waals surface area contributed by atoms with Crippen molar-refractivity contribution in [2.75, 3.05) is 17.2 Å². The molecule has 1 aromatic heterocycles.